The minimum Gasteiger partial charge on any atom is -0.461 e. The number of alkyl halides is 1. The Morgan fingerprint density at radius 2 is 2.00 bits per heavy atom. The number of nitrogens with one attached hydrogen (secondary N) is 1. The molecule has 214 valence electrons. The van der Waals surface area contributed by atoms with Gasteiger partial charge in [-0.15, -0.1) is 0 Å². The van der Waals surface area contributed by atoms with Crippen LogP contribution in [0.2, 0.25) is 5.02 Å². The standard InChI is InChI=1S/C28H27ClF3N7OS/c29-17-8-16-21(20(32)19(17)15-2-3-18(31)23-22(15)35-25(33)41-23)36-26(37-24(16)38-11-27(12-38)5-6-34-27)40-13-28-4-1-7-39(28)10-14(30)9-28/h2-3,8,14,34H,1,4-7,9-13H2,(H2,33,35)/t14-,28+/m1/s1. The molecule has 2 aromatic carbocycles. The fourth-order valence-electron chi connectivity index (χ4n) is 7.14. The summed E-state index contributed by atoms with van der Waals surface area (Å²) in [6.07, 6.45) is 2.38. The number of ether oxygens (including phenoxy) is 1. The van der Waals surface area contributed by atoms with E-state index in [1.807, 2.05) is 0 Å². The lowest BCUT2D eigenvalue weighted by Gasteiger charge is -2.57. The van der Waals surface area contributed by atoms with Crippen molar-refractivity contribution in [3.8, 4) is 17.1 Å². The van der Waals surface area contributed by atoms with E-state index in [0.717, 1.165) is 56.8 Å². The highest BCUT2D eigenvalue weighted by atomic mass is 35.5. The molecule has 4 aromatic rings. The molecular formula is C28H27ClF3N7OS. The summed E-state index contributed by atoms with van der Waals surface area (Å²) in [7, 11) is 0. The maximum Gasteiger partial charge on any atom is 0.319 e. The highest BCUT2D eigenvalue weighted by molar-refractivity contribution is 7.22. The fourth-order valence-corrected chi connectivity index (χ4v) is 8.19. The second-order valence-corrected chi connectivity index (χ2v) is 13.2. The zero-order valence-corrected chi connectivity index (χ0v) is 23.6. The van der Waals surface area contributed by atoms with Crippen LogP contribution >= 0.6 is 22.9 Å². The van der Waals surface area contributed by atoms with E-state index in [0.29, 0.717) is 29.7 Å². The van der Waals surface area contributed by atoms with Crippen LogP contribution in [0.15, 0.2) is 18.2 Å². The summed E-state index contributed by atoms with van der Waals surface area (Å²) >= 11 is 7.73. The number of thiazole rings is 1. The van der Waals surface area contributed by atoms with Gasteiger partial charge in [-0.2, -0.15) is 9.97 Å². The van der Waals surface area contributed by atoms with Crippen molar-refractivity contribution >= 4 is 55.0 Å². The summed E-state index contributed by atoms with van der Waals surface area (Å²) in [5.74, 6) is -0.633. The maximum absolute atomic E-state index is 16.6. The van der Waals surface area contributed by atoms with Crippen LogP contribution in [0.4, 0.5) is 24.1 Å². The Morgan fingerprint density at radius 1 is 1.17 bits per heavy atom. The number of rotatable bonds is 5. The van der Waals surface area contributed by atoms with Gasteiger partial charge in [0.1, 0.15) is 29.9 Å². The molecule has 0 unspecified atom stereocenters. The largest absolute Gasteiger partial charge is 0.461 e. The van der Waals surface area contributed by atoms with Crippen molar-refractivity contribution < 1.29 is 17.9 Å². The van der Waals surface area contributed by atoms with Crippen LogP contribution in [0.1, 0.15) is 25.7 Å². The zero-order valence-electron chi connectivity index (χ0n) is 22.0. The highest BCUT2D eigenvalue weighted by Gasteiger charge is 2.50. The molecular weight excluding hydrogens is 575 g/mol. The molecule has 0 radical (unpaired) electrons. The van der Waals surface area contributed by atoms with E-state index in [1.54, 1.807) is 6.07 Å². The Kier molecular flexibility index (Phi) is 5.67. The van der Waals surface area contributed by atoms with Gasteiger partial charge in [-0.25, -0.2) is 18.2 Å². The van der Waals surface area contributed by atoms with Crippen molar-refractivity contribution in [3.05, 3.63) is 34.9 Å². The molecule has 8 nitrogen and oxygen atoms in total. The normalized spacial score (nSPS) is 25.2. The number of benzene rings is 2. The lowest BCUT2D eigenvalue weighted by Crippen LogP contribution is -2.76. The van der Waals surface area contributed by atoms with Crippen LogP contribution in [-0.2, 0) is 0 Å². The number of nitrogen functional groups attached to an aromatic ring is 1. The van der Waals surface area contributed by atoms with Crippen molar-refractivity contribution in [1.29, 1.82) is 0 Å². The zero-order chi connectivity index (χ0) is 28.1. The van der Waals surface area contributed by atoms with Gasteiger partial charge in [-0.1, -0.05) is 22.9 Å². The molecule has 1 spiro atoms. The van der Waals surface area contributed by atoms with Crippen molar-refractivity contribution in [2.75, 3.05) is 50.0 Å². The number of anilines is 2. The van der Waals surface area contributed by atoms with Gasteiger partial charge < -0.3 is 20.7 Å². The smallest absolute Gasteiger partial charge is 0.319 e. The summed E-state index contributed by atoms with van der Waals surface area (Å²) < 4.78 is 51.8. The van der Waals surface area contributed by atoms with Crippen molar-refractivity contribution in [1.82, 2.24) is 25.2 Å². The number of hydrogen-bond donors (Lipinski definition) is 2. The summed E-state index contributed by atoms with van der Waals surface area (Å²) in [6, 6.07) is 4.40. The van der Waals surface area contributed by atoms with Crippen LogP contribution in [0, 0.1) is 11.6 Å². The molecule has 0 bridgehead atoms. The van der Waals surface area contributed by atoms with Crippen molar-refractivity contribution in [3.63, 3.8) is 0 Å². The lowest BCUT2D eigenvalue weighted by atomic mass is 9.80. The summed E-state index contributed by atoms with van der Waals surface area (Å²) in [4.78, 5) is 17.8. The average molecular weight is 602 g/mol. The van der Waals surface area contributed by atoms with Crippen LogP contribution < -0.4 is 20.7 Å². The molecule has 4 fully saturated rings. The first-order valence-corrected chi connectivity index (χ1v) is 15.0. The van der Waals surface area contributed by atoms with Gasteiger partial charge in [-0.05, 0) is 50.6 Å². The van der Waals surface area contributed by atoms with Gasteiger partial charge in [0, 0.05) is 42.6 Å². The van der Waals surface area contributed by atoms with Crippen molar-refractivity contribution in [2.24, 2.45) is 0 Å². The molecule has 8 rings (SSSR count). The van der Waals surface area contributed by atoms with E-state index >= 15 is 4.39 Å². The summed E-state index contributed by atoms with van der Waals surface area (Å²) in [6.45, 7) is 3.87. The quantitative estimate of drug-likeness (QED) is 0.333. The fraction of sp³-hybridized carbons (Fsp3) is 0.464. The second kappa shape index (κ2) is 9.03. The van der Waals surface area contributed by atoms with Crippen LogP contribution in [0.3, 0.4) is 0 Å². The number of aromatic nitrogens is 3. The van der Waals surface area contributed by atoms with Crippen molar-refractivity contribution in [2.45, 2.75) is 42.9 Å². The number of nitrogens with zero attached hydrogens (tertiary/aromatic N) is 5. The third kappa shape index (κ3) is 3.90. The Balaban J connectivity index is 1.25. The summed E-state index contributed by atoms with van der Waals surface area (Å²) in [5, 5.41) is 4.24. The molecule has 4 aliphatic rings. The minimum atomic E-state index is -0.895. The number of halogens is 4. The van der Waals surface area contributed by atoms with Gasteiger partial charge in [0.05, 0.1) is 26.3 Å². The van der Waals surface area contributed by atoms with Gasteiger partial charge in [0.15, 0.2) is 10.9 Å². The molecule has 6 heterocycles. The third-order valence-electron chi connectivity index (χ3n) is 9.24. The van der Waals surface area contributed by atoms with E-state index < -0.39 is 23.3 Å². The van der Waals surface area contributed by atoms with Gasteiger partial charge in [-0.3, -0.25) is 4.90 Å². The molecule has 4 aliphatic heterocycles. The summed E-state index contributed by atoms with van der Waals surface area (Å²) in [5.41, 5.74) is 6.19. The van der Waals surface area contributed by atoms with Gasteiger partial charge in [0.25, 0.3) is 0 Å². The van der Waals surface area contributed by atoms with Gasteiger partial charge >= 0.3 is 6.01 Å². The molecule has 41 heavy (non-hydrogen) atoms. The molecule has 4 saturated heterocycles. The SMILES string of the molecule is Nc1nc2c(-c3c(Cl)cc4c(N5CC6(CCN6)C5)nc(OC[C@@]56CCCN5C[C@H](F)C6)nc4c3F)ccc(F)c2s1. The monoisotopic (exact) mass is 601 g/mol. The number of hydrogen-bond acceptors (Lipinski definition) is 9. The second-order valence-electron chi connectivity index (χ2n) is 11.8. The first-order chi connectivity index (χ1) is 19.7. The van der Waals surface area contributed by atoms with Crippen LogP contribution in [0.25, 0.3) is 32.2 Å². The first-order valence-electron chi connectivity index (χ1n) is 13.8. The molecule has 3 N–H and O–H groups in total. The minimum absolute atomic E-state index is 0.0351. The predicted molar refractivity (Wildman–Crippen MR) is 154 cm³/mol. The Bertz CT molecular complexity index is 1720. The molecule has 0 amide bonds. The average Bonchev–Trinajstić information content (AvgIpc) is 3.54. The van der Waals surface area contributed by atoms with E-state index in [4.69, 9.17) is 27.1 Å². The topological polar surface area (TPSA) is 92.4 Å². The predicted octanol–water partition coefficient (Wildman–Crippen LogP) is 4.93. The van der Waals surface area contributed by atoms with Crippen LogP contribution in [0.5, 0.6) is 6.01 Å². The number of fused-ring (bicyclic) bond motifs is 3. The molecule has 0 aliphatic carbocycles. The van der Waals surface area contributed by atoms with E-state index in [9.17, 15) is 8.78 Å². The Morgan fingerprint density at radius 3 is 2.78 bits per heavy atom. The highest BCUT2D eigenvalue weighted by Crippen LogP contribution is 2.45. The van der Waals surface area contributed by atoms with Crippen LogP contribution in [-0.4, -0.2) is 76.4 Å². The molecule has 2 atom stereocenters. The maximum atomic E-state index is 16.6. The molecule has 13 heteroatoms. The van der Waals surface area contributed by atoms with Gasteiger partial charge in [0.2, 0.25) is 0 Å². The number of nitrogens with two attached hydrogens (primary N) is 1. The Labute approximate surface area is 242 Å². The molecule has 2 aromatic heterocycles. The van der Waals surface area contributed by atoms with E-state index in [1.165, 1.54) is 12.1 Å². The molecule has 0 saturated carbocycles. The van der Waals surface area contributed by atoms with E-state index in [-0.39, 0.29) is 49.6 Å². The third-order valence-corrected chi connectivity index (χ3v) is 10.4. The Hall–Kier alpha value is -2.93. The lowest BCUT2D eigenvalue weighted by molar-refractivity contribution is 0.107. The van der Waals surface area contributed by atoms with E-state index in [2.05, 4.69) is 25.1 Å². The first kappa shape index (κ1) is 25.8.